The van der Waals surface area contributed by atoms with Crippen molar-refractivity contribution < 1.29 is 65.1 Å². The average molecular weight is 786 g/mol. The summed E-state index contributed by atoms with van der Waals surface area (Å²) in [6, 6.07) is -0.344. The summed E-state index contributed by atoms with van der Waals surface area (Å²) in [6.07, 6.45) is 6.99. The number of allylic oxidation sites excluding steroid dienone is 1. The van der Waals surface area contributed by atoms with E-state index in [-0.39, 0.29) is 26.0 Å². The summed E-state index contributed by atoms with van der Waals surface area (Å²) in [6.45, 7) is 9.40. The largest absolute Gasteiger partial charge is 0.542 e. The molecule has 54 heavy (non-hydrogen) atoms. The number of pyridine rings is 1. The number of halogens is 3. The van der Waals surface area contributed by atoms with Gasteiger partial charge in [0.25, 0.3) is 5.91 Å². The van der Waals surface area contributed by atoms with Crippen LogP contribution in [0.3, 0.4) is 0 Å². The first-order valence-electron chi connectivity index (χ1n) is 17.6. The van der Waals surface area contributed by atoms with E-state index < -0.39 is 86.3 Å². The number of aromatic amines is 1. The van der Waals surface area contributed by atoms with Crippen LogP contribution in [0.1, 0.15) is 77.7 Å². The number of rotatable bonds is 6. The lowest BCUT2D eigenvalue weighted by atomic mass is 9.85. The number of carbonyl (C=O) groups is 5. The molecule has 5 rings (SSSR count). The molecule has 4 aliphatic rings. The number of fused-ring (bicyclic) bond motifs is 3. The highest BCUT2D eigenvalue weighted by molar-refractivity contribution is 7.91. The minimum absolute atomic E-state index is 0.0299. The summed E-state index contributed by atoms with van der Waals surface area (Å²) in [7, 11) is -3.87. The maximum atomic E-state index is 14.3. The molecule has 2 bridgehead atoms. The Hall–Kier alpha value is -4.68. The van der Waals surface area contributed by atoms with Crippen molar-refractivity contribution in [2.45, 2.75) is 107 Å². The van der Waals surface area contributed by atoms with Crippen LogP contribution in [0.15, 0.2) is 37.2 Å². The fraction of sp³-hybridized carbons (Fsp3) is 0.600. The third-order valence-corrected chi connectivity index (χ3v) is 11.2. The topological polar surface area (TPSA) is 214 Å². The molecule has 4 amide bonds. The molecule has 0 radical (unpaired) electrons. The number of alkyl carbamates (subject to hydrolysis) is 1. The number of nitrogens with zero attached hydrogens (tertiary/aromatic N) is 1. The van der Waals surface area contributed by atoms with E-state index in [1.807, 2.05) is 18.3 Å². The molecule has 0 unspecified atom stereocenters. The lowest BCUT2D eigenvalue weighted by Crippen LogP contribution is -2.60. The second-order valence-electron chi connectivity index (χ2n) is 14.7. The summed E-state index contributed by atoms with van der Waals surface area (Å²) in [5.41, 5.74) is -1.46. The number of carboxylic acids is 1. The van der Waals surface area contributed by atoms with Crippen molar-refractivity contribution in [3.63, 3.8) is 0 Å². The highest BCUT2D eigenvalue weighted by atomic mass is 32.2. The normalized spacial score (nSPS) is 27.1. The molecular formula is C35H46F3N5O10S. The summed E-state index contributed by atoms with van der Waals surface area (Å²) in [5, 5.41) is 13.7. The molecule has 298 valence electrons. The summed E-state index contributed by atoms with van der Waals surface area (Å²) < 4.78 is 70.7. The molecule has 1 aromatic rings. The second-order valence-corrected chi connectivity index (χ2v) is 16.7. The number of sulfonamides is 1. The molecule has 0 spiro atoms. The smallest absolute Gasteiger partial charge is 0.430 e. The molecule has 2 saturated carbocycles. The van der Waals surface area contributed by atoms with Gasteiger partial charge in [0.15, 0.2) is 12.4 Å². The lowest BCUT2D eigenvalue weighted by Gasteiger charge is -2.35. The maximum Gasteiger partial charge on any atom is 0.430 e. The van der Waals surface area contributed by atoms with E-state index in [4.69, 9.17) is 19.4 Å². The minimum Gasteiger partial charge on any atom is -0.542 e. The van der Waals surface area contributed by atoms with Gasteiger partial charge < -0.3 is 34.9 Å². The van der Waals surface area contributed by atoms with Gasteiger partial charge in [0.2, 0.25) is 21.8 Å². The third kappa shape index (κ3) is 10.7. The molecule has 15 nitrogen and oxygen atoms in total. The number of carboxylic acid groups (broad SMARTS) is 1. The van der Waals surface area contributed by atoms with E-state index in [0.29, 0.717) is 25.0 Å². The monoisotopic (exact) mass is 785 g/mol. The van der Waals surface area contributed by atoms with Crippen LogP contribution < -0.4 is 30.2 Å². The van der Waals surface area contributed by atoms with Crippen molar-refractivity contribution in [3.05, 3.63) is 42.8 Å². The molecule has 0 aromatic carbocycles. The van der Waals surface area contributed by atoms with Crippen LogP contribution >= 0.6 is 0 Å². The average Bonchev–Trinajstić information content (AvgIpc) is 4.01. The van der Waals surface area contributed by atoms with E-state index in [1.54, 1.807) is 33.0 Å². The number of hydrogen-bond acceptors (Lipinski definition) is 10. The summed E-state index contributed by atoms with van der Waals surface area (Å²) in [5.74, 6) is -4.88. The molecular weight excluding hydrogens is 739 g/mol. The van der Waals surface area contributed by atoms with Gasteiger partial charge in [0.1, 0.15) is 35.4 Å². The molecule has 2 aliphatic heterocycles. The van der Waals surface area contributed by atoms with Gasteiger partial charge in [-0.1, -0.05) is 32.9 Å². The number of aromatic nitrogens is 1. The Morgan fingerprint density at radius 3 is 2.43 bits per heavy atom. The van der Waals surface area contributed by atoms with Crippen LogP contribution in [0.5, 0.6) is 5.75 Å². The van der Waals surface area contributed by atoms with Gasteiger partial charge in [0.05, 0.1) is 24.0 Å². The molecule has 1 saturated heterocycles. The van der Waals surface area contributed by atoms with Crippen LogP contribution in [0.4, 0.5) is 18.0 Å². The summed E-state index contributed by atoms with van der Waals surface area (Å²) >= 11 is 0. The Morgan fingerprint density at radius 1 is 1.15 bits per heavy atom. The van der Waals surface area contributed by atoms with Crippen LogP contribution in [0.25, 0.3) is 6.08 Å². The van der Waals surface area contributed by atoms with Crippen molar-refractivity contribution in [1.29, 1.82) is 0 Å². The lowest BCUT2D eigenvalue weighted by molar-refractivity contribution is -0.378. The Balaban J connectivity index is 0.000000845. The van der Waals surface area contributed by atoms with Gasteiger partial charge in [-0.15, -0.1) is 6.58 Å². The van der Waals surface area contributed by atoms with Crippen LogP contribution in [-0.4, -0.2) is 91.4 Å². The van der Waals surface area contributed by atoms with Crippen molar-refractivity contribution in [3.8, 4) is 5.75 Å². The summed E-state index contributed by atoms with van der Waals surface area (Å²) in [4.78, 5) is 67.8. The number of hydrogen-bond donors (Lipinski definition) is 3. The fourth-order valence-electron chi connectivity index (χ4n) is 6.13. The first-order chi connectivity index (χ1) is 25.2. The minimum atomic E-state index is -5.19. The SMILES string of the molecule is C=C[C@@H]1C[C@]1(NC(=O)[C@@H]1C[C@@H]2CN1C(=O)[C@H](C(C)(C)C)NC(=O)OCCCCC/C=C\c1c[nH+]ccc1O2)C(=O)NS(=O)(=O)C1CC1.O=C([O-])C(F)(F)F. The number of nitrogens with one attached hydrogen (secondary N) is 4. The number of carbonyl (C=O) groups excluding carboxylic acids is 5. The predicted molar refractivity (Wildman–Crippen MR) is 183 cm³/mol. The van der Waals surface area contributed by atoms with Crippen LogP contribution in [0, 0.1) is 11.3 Å². The van der Waals surface area contributed by atoms with E-state index in [2.05, 4.69) is 26.9 Å². The third-order valence-electron chi connectivity index (χ3n) is 9.40. The fourth-order valence-corrected chi connectivity index (χ4v) is 7.49. The zero-order chi connectivity index (χ0) is 40.1. The van der Waals surface area contributed by atoms with Crippen LogP contribution in [0.2, 0.25) is 0 Å². The van der Waals surface area contributed by atoms with E-state index in [0.717, 1.165) is 24.8 Å². The van der Waals surface area contributed by atoms with Crippen LogP contribution in [-0.2, 0) is 33.9 Å². The maximum absolute atomic E-state index is 14.3. The predicted octanol–water partition coefficient (Wildman–Crippen LogP) is 1.55. The van der Waals surface area contributed by atoms with E-state index in [1.165, 1.54) is 11.0 Å². The number of H-pyrrole nitrogens is 1. The van der Waals surface area contributed by atoms with Crippen molar-refractivity contribution in [1.82, 2.24) is 20.3 Å². The number of ether oxygens (including phenoxy) is 2. The Kier molecular flexibility index (Phi) is 13.1. The zero-order valence-electron chi connectivity index (χ0n) is 30.2. The highest BCUT2D eigenvalue weighted by Crippen LogP contribution is 2.45. The number of aliphatic carboxylic acids is 1. The quantitative estimate of drug-likeness (QED) is 0.354. The van der Waals surface area contributed by atoms with E-state index in [9.17, 15) is 40.8 Å². The van der Waals surface area contributed by atoms with Crippen molar-refractivity contribution in [2.24, 2.45) is 11.3 Å². The molecule has 19 heteroatoms. The second kappa shape index (κ2) is 16.8. The molecule has 1 aromatic heterocycles. The molecule has 3 fully saturated rings. The van der Waals surface area contributed by atoms with Gasteiger partial charge >= 0.3 is 12.3 Å². The molecule has 3 heterocycles. The van der Waals surface area contributed by atoms with Crippen molar-refractivity contribution >= 4 is 45.9 Å². The molecule has 2 aliphatic carbocycles. The Morgan fingerprint density at radius 2 is 1.83 bits per heavy atom. The van der Waals surface area contributed by atoms with Gasteiger partial charge in [-0.2, -0.15) is 13.2 Å². The Labute approximate surface area is 311 Å². The molecule has 5 atom stereocenters. The first-order valence-corrected chi connectivity index (χ1v) is 19.1. The van der Waals surface area contributed by atoms with Gasteiger partial charge in [0, 0.05) is 18.4 Å². The standard InChI is InChI=1S/C33H45N5O8S.C2HF3O2/c1-5-22-18-33(22,30(41)37-47(43,44)24-12-13-24)36-28(39)25-17-23-20-38(25)29(40)27(32(2,3)4)35-31(42)45-16-10-8-6-7-9-11-21-19-34-15-14-26(21)46-23;3-2(4,5)1(6)7/h5,9,11,14-15,19,22-25,27H,1,6-8,10,12-13,16-18,20H2,2-4H3,(H,35,42)(H,36,39)(H,37,41);(H,6,7)/b11-9-;/t22-,23-,25+,27-,33-;/m1./s1. The van der Waals surface area contributed by atoms with Gasteiger partial charge in [-0.25, -0.2) is 18.2 Å². The number of alkyl halides is 3. The highest BCUT2D eigenvalue weighted by Gasteiger charge is 2.62. The first kappa shape index (κ1) is 42.1. The van der Waals surface area contributed by atoms with Crippen molar-refractivity contribution in [2.75, 3.05) is 13.2 Å². The Bertz CT molecular complexity index is 1740. The zero-order valence-corrected chi connectivity index (χ0v) is 31.0. The van der Waals surface area contributed by atoms with E-state index >= 15 is 0 Å². The molecule has 4 N–H and O–H groups in total. The van der Waals surface area contributed by atoms with Gasteiger partial charge in [-0.3, -0.25) is 19.1 Å². The number of amides is 4. The van der Waals surface area contributed by atoms with Gasteiger partial charge in [-0.05, 0) is 56.4 Å². The number of cyclic esters (lactones) is 1.